The second-order valence-corrected chi connectivity index (χ2v) is 4.18. The van der Waals surface area contributed by atoms with E-state index < -0.39 is 0 Å². The van der Waals surface area contributed by atoms with E-state index in [4.69, 9.17) is 0 Å². The normalized spacial score (nSPS) is 12.1. The molecule has 0 aromatic rings. The Hall–Kier alpha value is -0.340. The Labute approximate surface area is 76.6 Å². The van der Waals surface area contributed by atoms with Crippen LogP contribution >= 0.6 is 0 Å². The Morgan fingerprint density at radius 2 is 2.08 bits per heavy atom. The molecule has 2 heteroatoms. The molecule has 0 aliphatic carbocycles. The summed E-state index contributed by atoms with van der Waals surface area (Å²) in [5.41, 5.74) is 0.340. The van der Waals surface area contributed by atoms with Crippen LogP contribution in [0.1, 0.15) is 13.8 Å². The van der Waals surface area contributed by atoms with Gasteiger partial charge >= 0.3 is 0 Å². The first kappa shape index (κ1) is 11.7. The highest BCUT2D eigenvalue weighted by molar-refractivity contribution is 4.78. The van der Waals surface area contributed by atoms with E-state index in [1.165, 1.54) is 0 Å². The van der Waals surface area contributed by atoms with Gasteiger partial charge in [-0.1, -0.05) is 19.9 Å². The van der Waals surface area contributed by atoms with Gasteiger partial charge in [-0.25, -0.2) is 0 Å². The van der Waals surface area contributed by atoms with E-state index in [0.717, 1.165) is 19.6 Å². The third kappa shape index (κ3) is 5.33. The summed E-state index contributed by atoms with van der Waals surface area (Å²) in [5.74, 6) is 0. The van der Waals surface area contributed by atoms with Crippen molar-refractivity contribution in [2.45, 2.75) is 13.8 Å². The number of nitrogens with zero attached hydrogens (tertiary/aromatic N) is 1. The minimum Gasteiger partial charge on any atom is -0.319 e. The molecule has 2 nitrogen and oxygen atoms in total. The zero-order chi connectivity index (χ0) is 9.61. The summed E-state index contributed by atoms with van der Waals surface area (Å²) < 4.78 is 0. The van der Waals surface area contributed by atoms with E-state index in [-0.39, 0.29) is 0 Å². The second-order valence-electron chi connectivity index (χ2n) is 4.18. The standard InChI is InChI=1S/C10H22N2/c1-6-7-12(5)9-10(2,3)8-11-4/h6,11H,1,7-9H2,2-5H3. The summed E-state index contributed by atoms with van der Waals surface area (Å²) >= 11 is 0. The lowest BCUT2D eigenvalue weighted by Gasteiger charge is -2.29. The van der Waals surface area contributed by atoms with Gasteiger partial charge in [0.05, 0.1) is 0 Å². The van der Waals surface area contributed by atoms with Gasteiger partial charge in [-0.15, -0.1) is 6.58 Å². The SMILES string of the molecule is C=CCN(C)CC(C)(C)CNC. The second kappa shape index (κ2) is 5.33. The van der Waals surface area contributed by atoms with E-state index >= 15 is 0 Å². The Balaban J connectivity index is 3.78. The molecule has 0 fully saturated rings. The molecule has 0 heterocycles. The molecule has 0 aromatic carbocycles. The summed E-state index contributed by atoms with van der Waals surface area (Å²) in [6.45, 7) is 11.4. The van der Waals surface area contributed by atoms with Crippen LogP contribution in [0.4, 0.5) is 0 Å². The molecule has 0 saturated heterocycles. The molecule has 0 aliphatic heterocycles. The maximum absolute atomic E-state index is 3.72. The van der Waals surface area contributed by atoms with E-state index in [1.54, 1.807) is 0 Å². The molecular formula is C10H22N2. The fraction of sp³-hybridized carbons (Fsp3) is 0.800. The van der Waals surface area contributed by atoms with Crippen molar-refractivity contribution in [3.05, 3.63) is 12.7 Å². The average molecular weight is 170 g/mol. The van der Waals surface area contributed by atoms with Gasteiger partial charge in [0.1, 0.15) is 0 Å². The fourth-order valence-corrected chi connectivity index (χ4v) is 1.55. The number of hydrogen-bond acceptors (Lipinski definition) is 2. The molecule has 0 atom stereocenters. The smallest absolute Gasteiger partial charge is 0.0157 e. The molecule has 0 spiro atoms. The molecule has 0 bridgehead atoms. The Morgan fingerprint density at radius 3 is 2.50 bits per heavy atom. The lowest BCUT2D eigenvalue weighted by molar-refractivity contribution is 0.222. The fourth-order valence-electron chi connectivity index (χ4n) is 1.55. The highest BCUT2D eigenvalue weighted by Gasteiger charge is 2.18. The van der Waals surface area contributed by atoms with Gasteiger partial charge in [-0.05, 0) is 19.5 Å². The van der Waals surface area contributed by atoms with Crippen molar-refractivity contribution >= 4 is 0 Å². The van der Waals surface area contributed by atoms with Crippen LogP contribution in [0.2, 0.25) is 0 Å². The van der Waals surface area contributed by atoms with Crippen molar-refractivity contribution in [1.82, 2.24) is 10.2 Å². The lowest BCUT2D eigenvalue weighted by Crippen LogP contribution is -2.37. The molecule has 0 saturated carbocycles. The van der Waals surface area contributed by atoms with E-state index in [9.17, 15) is 0 Å². The Bertz CT molecular complexity index is 130. The summed E-state index contributed by atoms with van der Waals surface area (Å²) in [7, 11) is 4.12. The third-order valence-electron chi connectivity index (χ3n) is 1.79. The van der Waals surface area contributed by atoms with Crippen LogP contribution in [0.15, 0.2) is 12.7 Å². The van der Waals surface area contributed by atoms with Crippen molar-refractivity contribution in [3.63, 3.8) is 0 Å². The number of hydrogen-bond donors (Lipinski definition) is 1. The van der Waals surface area contributed by atoms with Gasteiger partial charge in [-0.3, -0.25) is 0 Å². The molecule has 0 aliphatic rings. The predicted octanol–water partition coefficient (Wildman–Crippen LogP) is 1.35. The molecule has 0 radical (unpaired) electrons. The number of rotatable bonds is 6. The summed E-state index contributed by atoms with van der Waals surface area (Å²) in [6, 6.07) is 0. The summed E-state index contributed by atoms with van der Waals surface area (Å²) in [4.78, 5) is 2.28. The van der Waals surface area contributed by atoms with Gasteiger partial charge in [-0.2, -0.15) is 0 Å². The van der Waals surface area contributed by atoms with E-state index in [1.807, 2.05) is 13.1 Å². The number of nitrogens with one attached hydrogen (secondary N) is 1. The molecule has 0 amide bonds. The van der Waals surface area contributed by atoms with Crippen molar-refractivity contribution < 1.29 is 0 Å². The van der Waals surface area contributed by atoms with Gasteiger partial charge in [0.25, 0.3) is 0 Å². The van der Waals surface area contributed by atoms with Crippen LogP contribution in [0.25, 0.3) is 0 Å². The van der Waals surface area contributed by atoms with Gasteiger partial charge in [0, 0.05) is 19.6 Å². The minimum atomic E-state index is 0.340. The zero-order valence-electron chi connectivity index (χ0n) is 8.85. The topological polar surface area (TPSA) is 15.3 Å². The zero-order valence-corrected chi connectivity index (χ0v) is 8.85. The molecule has 1 N–H and O–H groups in total. The van der Waals surface area contributed by atoms with Gasteiger partial charge in [0.2, 0.25) is 0 Å². The van der Waals surface area contributed by atoms with Crippen molar-refractivity contribution in [2.24, 2.45) is 5.41 Å². The molecule has 72 valence electrons. The van der Waals surface area contributed by atoms with Gasteiger partial charge < -0.3 is 10.2 Å². The van der Waals surface area contributed by atoms with Crippen LogP contribution < -0.4 is 5.32 Å². The summed E-state index contributed by atoms with van der Waals surface area (Å²) in [5, 5.41) is 3.20. The molecule has 0 unspecified atom stereocenters. The van der Waals surface area contributed by atoms with Crippen LogP contribution in [0, 0.1) is 5.41 Å². The average Bonchev–Trinajstić information content (AvgIpc) is 1.85. The van der Waals surface area contributed by atoms with Crippen molar-refractivity contribution in [3.8, 4) is 0 Å². The van der Waals surface area contributed by atoms with Crippen LogP contribution in [0.5, 0.6) is 0 Å². The predicted molar refractivity (Wildman–Crippen MR) is 55.4 cm³/mol. The molecular weight excluding hydrogens is 148 g/mol. The lowest BCUT2D eigenvalue weighted by atomic mass is 9.93. The van der Waals surface area contributed by atoms with Crippen LogP contribution in [-0.2, 0) is 0 Å². The van der Waals surface area contributed by atoms with Crippen molar-refractivity contribution in [2.75, 3.05) is 33.7 Å². The first-order valence-corrected chi connectivity index (χ1v) is 4.46. The maximum Gasteiger partial charge on any atom is 0.0157 e. The monoisotopic (exact) mass is 170 g/mol. The minimum absolute atomic E-state index is 0.340. The van der Waals surface area contributed by atoms with Crippen molar-refractivity contribution in [1.29, 1.82) is 0 Å². The quantitative estimate of drug-likeness (QED) is 0.605. The first-order valence-electron chi connectivity index (χ1n) is 4.46. The van der Waals surface area contributed by atoms with Gasteiger partial charge in [0.15, 0.2) is 0 Å². The van der Waals surface area contributed by atoms with E-state index in [2.05, 4.69) is 37.7 Å². The Kier molecular flexibility index (Phi) is 5.18. The summed E-state index contributed by atoms with van der Waals surface area (Å²) in [6.07, 6.45) is 1.94. The highest BCUT2D eigenvalue weighted by atomic mass is 15.1. The first-order chi connectivity index (χ1) is 5.52. The van der Waals surface area contributed by atoms with Crippen LogP contribution in [-0.4, -0.2) is 38.6 Å². The number of likely N-dealkylation sites (N-methyl/N-ethyl adjacent to an activating group) is 1. The largest absolute Gasteiger partial charge is 0.319 e. The maximum atomic E-state index is 3.72. The van der Waals surface area contributed by atoms with Crippen LogP contribution in [0.3, 0.4) is 0 Å². The van der Waals surface area contributed by atoms with E-state index in [0.29, 0.717) is 5.41 Å². The molecule has 0 aromatic heterocycles. The third-order valence-corrected chi connectivity index (χ3v) is 1.79. The molecule has 12 heavy (non-hydrogen) atoms. The molecule has 0 rings (SSSR count). The Morgan fingerprint density at radius 1 is 1.50 bits per heavy atom. The highest BCUT2D eigenvalue weighted by Crippen LogP contribution is 2.14.